The molecule has 2 N–H and O–H groups in total. The smallest absolute Gasteiger partial charge is 0.319 e. The Morgan fingerprint density at radius 2 is 2.22 bits per heavy atom. The Hall–Kier alpha value is -1.94. The highest BCUT2D eigenvalue weighted by Gasteiger charge is 2.04. The van der Waals surface area contributed by atoms with Crippen LogP contribution in [0.5, 0.6) is 0 Å². The van der Waals surface area contributed by atoms with Gasteiger partial charge in [-0.3, -0.25) is 0 Å². The number of nitrogens with one attached hydrogen (secondary N) is 2. The highest BCUT2D eigenvalue weighted by Crippen LogP contribution is 2.19. The van der Waals surface area contributed by atoms with E-state index in [2.05, 4.69) is 10.6 Å². The van der Waals surface area contributed by atoms with E-state index in [1.54, 1.807) is 30.5 Å². The summed E-state index contributed by atoms with van der Waals surface area (Å²) in [6.07, 6.45) is 1.56. The molecule has 0 atom stereocenters. The lowest BCUT2D eigenvalue weighted by Crippen LogP contribution is -2.27. The fourth-order valence-corrected chi connectivity index (χ4v) is 1.61. The molecule has 1 aromatic carbocycles. The Labute approximate surface area is 110 Å². The first-order valence-corrected chi connectivity index (χ1v) is 5.86. The predicted octanol–water partition coefficient (Wildman–Crippen LogP) is 3.56. The van der Waals surface area contributed by atoms with E-state index in [1.165, 1.54) is 0 Å². The average Bonchev–Trinajstić information content (AvgIpc) is 2.84. The molecule has 1 aromatic heterocycles. The Balaban J connectivity index is 1.88. The summed E-state index contributed by atoms with van der Waals surface area (Å²) in [7, 11) is 0. The third-order valence-electron chi connectivity index (χ3n) is 2.43. The van der Waals surface area contributed by atoms with Crippen molar-refractivity contribution < 1.29 is 9.21 Å². The van der Waals surface area contributed by atoms with Gasteiger partial charge in [0.1, 0.15) is 5.76 Å². The van der Waals surface area contributed by atoms with Crippen LogP contribution < -0.4 is 10.6 Å². The number of amides is 2. The normalized spacial score (nSPS) is 10.1. The second-order valence-electron chi connectivity index (χ2n) is 3.85. The molecule has 0 aliphatic rings. The topological polar surface area (TPSA) is 54.3 Å². The van der Waals surface area contributed by atoms with E-state index >= 15 is 0 Å². The van der Waals surface area contributed by atoms with Crippen molar-refractivity contribution >= 4 is 23.3 Å². The van der Waals surface area contributed by atoms with E-state index in [9.17, 15) is 4.79 Å². The summed E-state index contributed by atoms with van der Waals surface area (Å²) in [5.74, 6) is 0.701. The Morgan fingerprint density at radius 1 is 1.39 bits per heavy atom. The van der Waals surface area contributed by atoms with Gasteiger partial charge in [-0.2, -0.15) is 0 Å². The first-order valence-electron chi connectivity index (χ1n) is 5.48. The van der Waals surface area contributed by atoms with Gasteiger partial charge in [0, 0.05) is 10.7 Å². The molecule has 0 spiro atoms. The van der Waals surface area contributed by atoms with Gasteiger partial charge in [-0.15, -0.1) is 0 Å². The third-order valence-corrected chi connectivity index (χ3v) is 2.84. The molecule has 0 unspecified atom stereocenters. The minimum atomic E-state index is -0.300. The molecule has 94 valence electrons. The lowest BCUT2D eigenvalue weighted by atomic mass is 10.2. The minimum Gasteiger partial charge on any atom is -0.467 e. The van der Waals surface area contributed by atoms with E-state index in [1.807, 2.05) is 13.0 Å². The molecule has 0 radical (unpaired) electrons. The van der Waals surface area contributed by atoms with Crippen LogP contribution in [0, 0.1) is 6.92 Å². The molecule has 0 saturated carbocycles. The zero-order valence-corrected chi connectivity index (χ0v) is 10.6. The summed E-state index contributed by atoms with van der Waals surface area (Å²) in [4.78, 5) is 11.6. The molecule has 1 heterocycles. The second kappa shape index (κ2) is 5.60. The monoisotopic (exact) mass is 264 g/mol. The van der Waals surface area contributed by atoms with Gasteiger partial charge in [0.2, 0.25) is 0 Å². The summed E-state index contributed by atoms with van der Waals surface area (Å²) >= 11 is 5.97. The van der Waals surface area contributed by atoms with Crippen LogP contribution in [0.2, 0.25) is 5.02 Å². The van der Waals surface area contributed by atoms with E-state index in [-0.39, 0.29) is 6.03 Å². The van der Waals surface area contributed by atoms with Crippen LogP contribution in [-0.2, 0) is 6.54 Å². The Morgan fingerprint density at radius 3 is 2.89 bits per heavy atom. The Bertz CT molecular complexity index is 538. The van der Waals surface area contributed by atoms with Gasteiger partial charge in [-0.05, 0) is 36.8 Å². The number of aryl methyl sites for hydroxylation is 1. The highest BCUT2D eigenvalue weighted by molar-refractivity contribution is 6.31. The van der Waals surface area contributed by atoms with Gasteiger partial charge in [-0.25, -0.2) is 4.79 Å². The lowest BCUT2D eigenvalue weighted by molar-refractivity contribution is 0.251. The number of carbonyl (C=O) groups is 1. The summed E-state index contributed by atoms with van der Waals surface area (Å²) in [5.41, 5.74) is 1.63. The first kappa shape index (κ1) is 12.5. The van der Waals surface area contributed by atoms with Crippen LogP contribution in [0.4, 0.5) is 10.5 Å². The third kappa shape index (κ3) is 3.28. The molecule has 5 heteroatoms. The van der Waals surface area contributed by atoms with Gasteiger partial charge >= 0.3 is 6.03 Å². The van der Waals surface area contributed by atoms with Crippen molar-refractivity contribution in [3.05, 3.63) is 52.9 Å². The first-order chi connectivity index (χ1) is 8.65. The van der Waals surface area contributed by atoms with E-state index in [0.29, 0.717) is 23.0 Å². The molecule has 0 saturated heterocycles. The molecular weight excluding hydrogens is 252 g/mol. The van der Waals surface area contributed by atoms with Crippen LogP contribution in [0.3, 0.4) is 0 Å². The summed E-state index contributed by atoms with van der Waals surface area (Å²) < 4.78 is 5.11. The minimum absolute atomic E-state index is 0.300. The molecule has 0 fully saturated rings. The predicted molar refractivity (Wildman–Crippen MR) is 70.8 cm³/mol. The van der Waals surface area contributed by atoms with Crippen molar-refractivity contribution in [1.29, 1.82) is 0 Å². The largest absolute Gasteiger partial charge is 0.467 e. The highest BCUT2D eigenvalue weighted by atomic mass is 35.5. The van der Waals surface area contributed by atoms with Gasteiger partial charge in [0.05, 0.1) is 12.8 Å². The standard InChI is InChI=1S/C13H13ClN2O2/c1-9-4-5-10(7-12(9)14)16-13(17)15-8-11-3-2-6-18-11/h2-7H,8H2,1H3,(H2,15,16,17). The number of hydrogen-bond acceptors (Lipinski definition) is 2. The van der Waals surface area contributed by atoms with E-state index in [4.69, 9.17) is 16.0 Å². The van der Waals surface area contributed by atoms with Gasteiger partial charge in [0.15, 0.2) is 0 Å². The van der Waals surface area contributed by atoms with E-state index in [0.717, 1.165) is 5.56 Å². The molecule has 0 aliphatic heterocycles. The molecule has 2 aromatic rings. The number of carbonyl (C=O) groups excluding carboxylic acids is 1. The van der Waals surface area contributed by atoms with Crippen molar-refractivity contribution in [3.8, 4) is 0 Å². The van der Waals surface area contributed by atoms with Crippen molar-refractivity contribution in [2.75, 3.05) is 5.32 Å². The fourth-order valence-electron chi connectivity index (χ4n) is 1.43. The van der Waals surface area contributed by atoms with Gasteiger partial charge in [-0.1, -0.05) is 17.7 Å². The van der Waals surface area contributed by atoms with Crippen molar-refractivity contribution in [2.24, 2.45) is 0 Å². The maximum absolute atomic E-state index is 11.6. The quantitative estimate of drug-likeness (QED) is 0.891. The molecule has 2 amide bonds. The average molecular weight is 265 g/mol. The SMILES string of the molecule is Cc1ccc(NC(=O)NCc2ccco2)cc1Cl. The molecule has 0 aliphatic carbocycles. The molecule has 0 bridgehead atoms. The van der Waals surface area contributed by atoms with Crippen molar-refractivity contribution in [1.82, 2.24) is 5.32 Å². The fraction of sp³-hybridized carbons (Fsp3) is 0.154. The van der Waals surface area contributed by atoms with Crippen LogP contribution in [-0.4, -0.2) is 6.03 Å². The zero-order valence-electron chi connectivity index (χ0n) is 9.87. The maximum atomic E-state index is 11.6. The number of anilines is 1. The van der Waals surface area contributed by atoms with Crippen LogP contribution in [0.25, 0.3) is 0 Å². The summed E-state index contributed by atoms with van der Waals surface area (Å²) in [6.45, 7) is 2.25. The molecule has 18 heavy (non-hydrogen) atoms. The van der Waals surface area contributed by atoms with Crippen molar-refractivity contribution in [2.45, 2.75) is 13.5 Å². The van der Waals surface area contributed by atoms with Gasteiger partial charge in [0.25, 0.3) is 0 Å². The Kier molecular flexibility index (Phi) is 3.89. The number of halogens is 1. The number of benzene rings is 1. The zero-order chi connectivity index (χ0) is 13.0. The van der Waals surface area contributed by atoms with Crippen LogP contribution in [0.15, 0.2) is 41.0 Å². The molecular formula is C13H13ClN2O2. The van der Waals surface area contributed by atoms with Crippen LogP contribution >= 0.6 is 11.6 Å². The van der Waals surface area contributed by atoms with E-state index < -0.39 is 0 Å². The van der Waals surface area contributed by atoms with Crippen molar-refractivity contribution in [3.63, 3.8) is 0 Å². The second-order valence-corrected chi connectivity index (χ2v) is 4.26. The summed E-state index contributed by atoms with van der Waals surface area (Å²) in [6, 6.07) is 8.63. The van der Waals surface area contributed by atoms with Gasteiger partial charge < -0.3 is 15.1 Å². The lowest BCUT2D eigenvalue weighted by Gasteiger charge is -2.07. The number of rotatable bonds is 3. The van der Waals surface area contributed by atoms with Crippen LogP contribution in [0.1, 0.15) is 11.3 Å². The number of urea groups is 1. The number of furan rings is 1. The maximum Gasteiger partial charge on any atom is 0.319 e. The molecule has 2 rings (SSSR count). The summed E-state index contributed by atoms with van der Waals surface area (Å²) in [5, 5.41) is 6.00. The number of hydrogen-bond donors (Lipinski definition) is 2. The molecule has 4 nitrogen and oxygen atoms in total.